The van der Waals surface area contributed by atoms with E-state index in [4.69, 9.17) is 0 Å². The van der Waals surface area contributed by atoms with E-state index in [2.05, 4.69) is 0 Å². The summed E-state index contributed by atoms with van der Waals surface area (Å²) in [5.41, 5.74) is 3.16. The Kier molecular flexibility index (Phi) is 4.18. The van der Waals surface area contributed by atoms with Crippen molar-refractivity contribution in [2.45, 2.75) is 20.4 Å². The highest BCUT2D eigenvalue weighted by Crippen LogP contribution is 2.15. The van der Waals surface area contributed by atoms with E-state index in [1.54, 1.807) is 30.1 Å². The van der Waals surface area contributed by atoms with Gasteiger partial charge in [0.2, 0.25) is 0 Å². The van der Waals surface area contributed by atoms with Crippen LogP contribution in [0.3, 0.4) is 0 Å². The fourth-order valence-electron chi connectivity index (χ4n) is 2.13. The molecule has 1 amide bonds. The van der Waals surface area contributed by atoms with Crippen LogP contribution in [0.1, 0.15) is 27.0 Å². The first-order chi connectivity index (χ1) is 9.49. The molecule has 0 N–H and O–H groups in total. The monoisotopic (exact) mass is 271 g/mol. The molecule has 0 aliphatic heterocycles. The van der Waals surface area contributed by atoms with Gasteiger partial charge in [-0.25, -0.2) is 4.39 Å². The molecule has 0 saturated carbocycles. The molecule has 0 heterocycles. The molecule has 0 atom stereocenters. The van der Waals surface area contributed by atoms with Crippen molar-refractivity contribution < 1.29 is 9.18 Å². The normalized spacial score (nSPS) is 10.4. The van der Waals surface area contributed by atoms with E-state index < -0.39 is 0 Å². The lowest BCUT2D eigenvalue weighted by atomic mass is 10.0. The zero-order valence-electron chi connectivity index (χ0n) is 12.0. The third-order valence-corrected chi connectivity index (χ3v) is 3.34. The van der Waals surface area contributed by atoms with Gasteiger partial charge in [-0.3, -0.25) is 4.79 Å². The second-order valence-electron chi connectivity index (χ2n) is 5.07. The molecule has 0 fully saturated rings. The molecule has 0 saturated heterocycles. The molecule has 0 aromatic heterocycles. The summed E-state index contributed by atoms with van der Waals surface area (Å²) in [5.74, 6) is -0.373. The molecule has 2 rings (SSSR count). The van der Waals surface area contributed by atoms with Crippen molar-refractivity contribution in [3.63, 3.8) is 0 Å². The summed E-state index contributed by atoms with van der Waals surface area (Å²) in [6.07, 6.45) is 0. The molecule has 0 aliphatic carbocycles. The quantitative estimate of drug-likeness (QED) is 0.833. The third-order valence-electron chi connectivity index (χ3n) is 3.34. The van der Waals surface area contributed by atoms with E-state index in [1.807, 2.05) is 32.0 Å². The third kappa shape index (κ3) is 3.05. The average Bonchev–Trinajstić information content (AvgIpc) is 2.43. The van der Waals surface area contributed by atoms with Gasteiger partial charge in [-0.05, 0) is 31.5 Å². The molecule has 0 spiro atoms. The Morgan fingerprint density at radius 3 is 2.55 bits per heavy atom. The Balaban J connectivity index is 2.21. The number of halogens is 1. The first-order valence-corrected chi connectivity index (χ1v) is 6.55. The molecular weight excluding hydrogens is 253 g/mol. The van der Waals surface area contributed by atoms with Gasteiger partial charge >= 0.3 is 0 Å². The van der Waals surface area contributed by atoms with E-state index in [-0.39, 0.29) is 18.3 Å². The number of benzene rings is 2. The molecule has 20 heavy (non-hydrogen) atoms. The molecule has 2 aromatic rings. The van der Waals surface area contributed by atoms with Gasteiger partial charge in [-0.1, -0.05) is 35.9 Å². The minimum Gasteiger partial charge on any atom is -0.337 e. The minimum absolute atomic E-state index is 0.0885. The Labute approximate surface area is 118 Å². The summed E-state index contributed by atoms with van der Waals surface area (Å²) in [6, 6.07) is 12.3. The van der Waals surface area contributed by atoms with Gasteiger partial charge in [0.15, 0.2) is 0 Å². The Morgan fingerprint density at radius 2 is 1.85 bits per heavy atom. The van der Waals surface area contributed by atoms with Gasteiger partial charge in [-0.15, -0.1) is 0 Å². The molecule has 0 radical (unpaired) electrons. The Hall–Kier alpha value is -2.16. The summed E-state index contributed by atoms with van der Waals surface area (Å²) in [7, 11) is 1.69. The van der Waals surface area contributed by atoms with Crippen LogP contribution in [0.4, 0.5) is 4.39 Å². The maximum atomic E-state index is 13.6. The molecule has 104 valence electrons. The van der Waals surface area contributed by atoms with Crippen LogP contribution >= 0.6 is 0 Å². The van der Waals surface area contributed by atoms with Crippen molar-refractivity contribution in [1.82, 2.24) is 4.90 Å². The van der Waals surface area contributed by atoms with Crippen molar-refractivity contribution in [2.75, 3.05) is 7.05 Å². The van der Waals surface area contributed by atoms with Gasteiger partial charge in [-0.2, -0.15) is 0 Å². The first-order valence-electron chi connectivity index (χ1n) is 6.55. The molecule has 0 aliphatic rings. The molecule has 0 bridgehead atoms. The second kappa shape index (κ2) is 5.87. The number of hydrogen-bond acceptors (Lipinski definition) is 1. The van der Waals surface area contributed by atoms with E-state index in [0.29, 0.717) is 11.1 Å². The van der Waals surface area contributed by atoms with Gasteiger partial charge in [0.05, 0.1) is 0 Å². The SMILES string of the molecule is Cc1ccc(C)c(C(=O)N(C)Cc2ccccc2F)c1. The fraction of sp³-hybridized carbons (Fsp3) is 0.235. The summed E-state index contributed by atoms with van der Waals surface area (Å²) in [5, 5.41) is 0. The van der Waals surface area contributed by atoms with E-state index >= 15 is 0 Å². The lowest BCUT2D eigenvalue weighted by Gasteiger charge is -2.19. The number of hydrogen-bond donors (Lipinski definition) is 0. The molecular formula is C17H18FNO. The highest BCUT2D eigenvalue weighted by atomic mass is 19.1. The second-order valence-corrected chi connectivity index (χ2v) is 5.07. The molecule has 2 nitrogen and oxygen atoms in total. The number of carbonyl (C=O) groups is 1. The maximum Gasteiger partial charge on any atom is 0.254 e. The van der Waals surface area contributed by atoms with Crippen molar-refractivity contribution in [2.24, 2.45) is 0 Å². The summed E-state index contributed by atoms with van der Waals surface area (Å²) >= 11 is 0. The van der Waals surface area contributed by atoms with Crippen molar-refractivity contribution in [1.29, 1.82) is 0 Å². The van der Waals surface area contributed by atoms with Crippen LogP contribution in [-0.4, -0.2) is 17.9 Å². The van der Waals surface area contributed by atoms with E-state index in [0.717, 1.165) is 11.1 Å². The van der Waals surface area contributed by atoms with Gasteiger partial charge in [0, 0.05) is 24.7 Å². The van der Waals surface area contributed by atoms with Gasteiger partial charge in [0.25, 0.3) is 5.91 Å². The van der Waals surface area contributed by atoms with Crippen LogP contribution in [0.5, 0.6) is 0 Å². The van der Waals surface area contributed by atoms with Crippen LogP contribution in [-0.2, 0) is 6.54 Å². The highest BCUT2D eigenvalue weighted by Gasteiger charge is 2.15. The van der Waals surface area contributed by atoms with Gasteiger partial charge in [0.1, 0.15) is 5.82 Å². The Morgan fingerprint density at radius 1 is 1.15 bits per heavy atom. The smallest absolute Gasteiger partial charge is 0.254 e. The maximum absolute atomic E-state index is 13.6. The zero-order chi connectivity index (χ0) is 14.7. The fourth-order valence-corrected chi connectivity index (χ4v) is 2.13. The Bertz CT molecular complexity index is 637. The largest absolute Gasteiger partial charge is 0.337 e. The van der Waals surface area contributed by atoms with Gasteiger partial charge < -0.3 is 4.90 Å². The number of nitrogens with zero attached hydrogens (tertiary/aromatic N) is 1. The van der Waals surface area contributed by atoms with Crippen LogP contribution in [0.25, 0.3) is 0 Å². The lowest BCUT2D eigenvalue weighted by Crippen LogP contribution is -2.27. The molecule has 0 unspecified atom stereocenters. The van der Waals surface area contributed by atoms with Crippen LogP contribution < -0.4 is 0 Å². The van der Waals surface area contributed by atoms with Crippen LogP contribution in [0.15, 0.2) is 42.5 Å². The lowest BCUT2D eigenvalue weighted by molar-refractivity contribution is 0.0783. The number of rotatable bonds is 3. The van der Waals surface area contributed by atoms with Crippen molar-refractivity contribution >= 4 is 5.91 Å². The van der Waals surface area contributed by atoms with E-state index in [1.165, 1.54) is 6.07 Å². The average molecular weight is 271 g/mol. The standard InChI is InChI=1S/C17H18FNO/c1-12-8-9-13(2)15(10-12)17(20)19(3)11-14-6-4-5-7-16(14)18/h4-10H,11H2,1-3H3. The predicted molar refractivity (Wildman–Crippen MR) is 78.1 cm³/mol. The molecule has 2 aromatic carbocycles. The summed E-state index contributed by atoms with van der Waals surface area (Å²) < 4.78 is 13.6. The predicted octanol–water partition coefficient (Wildman–Crippen LogP) is 3.71. The zero-order valence-corrected chi connectivity index (χ0v) is 12.0. The van der Waals surface area contributed by atoms with E-state index in [9.17, 15) is 9.18 Å². The first kappa shape index (κ1) is 14.3. The van der Waals surface area contributed by atoms with Crippen molar-refractivity contribution in [3.05, 3.63) is 70.5 Å². The van der Waals surface area contributed by atoms with Crippen LogP contribution in [0, 0.1) is 19.7 Å². The number of amides is 1. The van der Waals surface area contributed by atoms with Crippen LogP contribution in [0.2, 0.25) is 0 Å². The highest BCUT2D eigenvalue weighted by molar-refractivity contribution is 5.95. The van der Waals surface area contributed by atoms with Crippen molar-refractivity contribution in [3.8, 4) is 0 Å². The topological polar surface area (TPSA) is 20.3 Å². The summed E-state index contributed by atoms with van der Waals surface area (Å²) in [6.45, 7) is 4.12. The number of aryl methyl sites for hydroxylation is 2. The summed E-state index contributed by atoms with van der Waals surface area (Å²) in [4.78, 5) is 14.0. The molecule has 3 heteroatoms. The minimum atomic E-state index is -0.284. The number of carbonyl (C=O) groups excluding carboxylic acids is 1.